The van der Waals surface area contributed by atoms with Gasteiger partial charge in [-0.05, 0) is 51.8 Å². The van der Waals surface area contributed by atoms with Crippen molar-refractivity contribution in [2.45, 2.75) is 6.36 Å². The number of aromatic nitrogens is 1. The molecule has 5 nitrogen and oxygen atoms in total. The Balaban J connectivity index is 2.15. The standard InChI is InChI=1S/C13H7BrClF3N2O3/c14-9-5-8(2-3-10(9)23-13(16,17)18)19-12(21)7-1-4-11(15)20(22)6-7/h1-6H,(H,19,21). The molecule has 0 radical (unpaired) electrons. The van der Waals surface area contributed by atoms with E-state index in [1.54, 1.807) is 0 Å². The SMILES string of the molecule is O=C(Nc1ccc(OC(F)(F)F)c(Br)c1)c1ccc(Cl)[n+]([O-])c1. The van der Waals surface area contributed by atoms with E-state index in [4.69, 9.17) is 11.6 Å². The van der Waals surface area contributed by atoms with Crippen LogP contribution in [0.2, 0.25) is 5.15 Å². The van der Waals surface area contributed by atoms with Crippen molar-refractivity contribution in [2.24, 2.45) is 0 Å². The maximum atomic E-state index is 12.2. The van der Waals surface area contributed by atoms with Crippen LogP contribution in [0, 0.1) is 5.21 Å². The molecule has 1 N–H and O–H groups in total. The van der Waals surface area contributed by atoms with Gasteiger partial charge in [0.1, 0.15) is 11.3 Å². The lowest BCUT2D eigenvalue weighted by Crippen LogP contribution is -2.29. The molecule has 2 rings (SSSR count). The van der Waals surface area contributed by atoms with Crippen LogP contribution in [0.4, 0.5) is 18.9 Å². The first-order valence-corrected chi connectivity index (χ1v) is 7.08. The Morgan fingerprint density at radius 2 is 2.00 bits per heavy atom. The summed E-state index contributed by atoms with van der Waals surface area (Å²) < 4.78 is 40.6. The van der Waals surface area contributed by atoms with E-state index in [0.29, 0.717) is 4.73 Å². The Morgan fingerprint density at radius 3 is 2.57 bits per heavy atom. The Morgan fingerprint density at radius 1 is 1.30 bits per heavy atom. The molecule has 10 heteroatoms. The van der Waals surface area contributed by atoms with Crippen LogP contribution in [-0.2, 0) is 0 Å². The van der Waals surface area contributed by atoms with Gasteiger partial charge in [-0.25, -0.2) is 0 Å². The van der Waals surface area contributed by atoms with Crippen LogP contribution in [0.15, 0.2) is 41.0 Å². The van der Waals surface area contributed by atoms with Gasteiger partial charge in [0.15, 0.2) is 6.20 Å². The van der Waals surface area contributed by atoms with Crippen molar-refractivity contribution in [2.75, 3.05) is 5.32 Å². The minimum Gasteiger partial charge on any atom is -0.618 e. The summed E-state index contributed by atoms with van der Waals surface area (Å²) in [7, 11) is 0. The third-order valence-corrected chi connectivity index (χ3v) is 3.46. The van der Waals surface area contributed by atoms with Crippen LogP contribution in [0.3, 0.4) is 0 Å². The molecule has 0 fully saturated rings. The number of ether oxygens (including phenoxy) is 1. The average molecular weight is 412 g/mol. The summed E-state index contributed by atoms with van der Waals surface area (Å²) in [5.74, 6) is -1.07. The number of alkyl halides is 3. The molecule has 0 bridgehead atoms. The quantitative estimate of drug-likeness (QED) is 0.473. The zero-order valence-corrected chi connectivity index (χ0v) is 13.4. The summed E-state index contributed by atoms with van der Waals surface area (Å²) in [6.07, 6.45) is -3.84. The molecule has 0 aliphatic carbocycles. The van der Waals surface area contributed by atoms with Crippen molar-refractivity contribution in [3.63, 3.8) is 0 Å². The molecule has 0 spiro atoms. The van der Waals surface area contributed by atoms with E-state index in [2.05, 4.69) is 26.0 Å². The summed E-state index contributed by atoms with van der Waals surface area (Å²) in [5, 5.41) is 13.6. The van der Waals surface area contributed by atoms with E-state index in [1.807, 2.05) is 0 Å². The minimum atomic E-state index is -4.82. The van der Waals surface area contributed by atoms with Crippen LogP contribution in [-0.4, -0.2) is 12.3 Å². The highest BCUT2D eigenvalue weighted by Crippen LogP contribution is 2.32. The van der Waals surface area contributed by atoms with Gasteiger partial charge in [0, 0.05) is 11.8 Å². The van der Waals surface area contributed by atoms with Gasteiger partial charge in [0.05, 0.1) is 4.47 Å². The van der Waals surface area contributed by atoms with Crippen molar-refractivity contribution in [1.29, 1.82) is 0 Å². The van der Waals surface area contributed by atoms with E-state index in [-0.39, 0.29) is 20.9 Å². The van der Waals surface area contributed by atoms with Gasteiger partial charge in [0.2, 0.25) is 0 Å². The van der Waals surface area contributed by atoms with Crippen LogP contribution < -0.4 is 14.8 Å². The maximum absolute atomic E-state index is 12.2. The van der Waals surface area contributed by atoms with Gasteiger partial charge >= 0.3 is 6.36 Å². The number of rotatable bonds is 3. The molecule has 122 valence electrons. The van der Waals surface area contributed by atoms with Gasteiger partial charge in [-0.2, -0.15) is 4.73 Å². The summed E-state index contributed by atoms with van der Waals surface area (Å²) in [5.41, 5.74) is 0.250. The first kappa shape index (κ1) is 17.4. The Labute approximate surface area is 141 Å². The lowest BCUT2D eigenvalue weighted by Gasteiger charge is -2.12. The molecule has 1 aromatic carbocycles. The predicted octanol–water partition coefficient (Wildman–Crippen LogP) is 3.89. The van der Waals surface area contributed by atoms with Gasteiger partial charge in [-0.3, -0.25) is 4.79 Å². The molecule has 0 atom stereocenters. The van der Waals surface area contributed by atoms with Crippen molar-refractivity contribution in [3.8, 4) is 5.75 Å². The van der Waals surface area contributed by atoms with Crippen LogP contribution in [0.1, 0.15) is 10.4 Å². The number of pyridine rings is 1. The number of anilines is 1. The first-order chi connectivity index (χ1) is 10.7. The fourth-order valence-electron chi connectivity index (χ4n) is 1.59. The number of hydrogen-bond donors (Lipinski definition) is 1. The molecule has 1 heterocycles. The normalized spacial score (nSPS) is 11.2. The van der Waals surface area contributed by atoms with Crippen molar-refractivity contribution in [3.05, 3.63) is 56.9 Å². The van der Waals surface area contributed by atoms with E-state index < -0.39 is 18.0 Å². The molecule has 1 amide bonds. The molecular formula is C13H7BrClF3N2O3. The number of benzene rings is 1. The molecule has 0 unspecified atom stereocenters. The summed E-state index contributed by atoms with van der Waals surface area (Å²) in [6, 6.07) is 6.09. The Bertz CT molecular complexity index is 756. The van der Waals surface area contributed by atoms with Crippen molar-refractivity contribution < 1.29 is 27.4 Å². The molecule has 2 aromatic rings. The predicted molar refractivity (Wildman–Crippen MR) is 79.2 cm³/mol. The largest absolute Gasteiger partial charge is 0.618 e. The summed E-state index contributed by atoms with van der Waals surface area (Å²) >= 11 is 8.46. The highest BCUT2D eigenvalue weighted by atomic mass is 79.9. The second-order valence-electron chi connectivity index (χ2n) is 4.21. The monoisotopic (exact) mass is 410 g/mol. The van der Waals surface area contributed by atoms with Crippen LogP contribution >= 0.6 is 27.5 Å². The maximum Gasteiger partial charge on any atom is 0.573 e. The zero-order valence-electron chi connectivity index (χ0n) is 11.0. The second kappa shape index (κ2) is 6.63. The summed E-state index contributed by atoms with van der Waals surface area (Å²) in [4.78, 5) is 12.0. The van der Waals surface area contributed by atoms with Crippen molar-refractivity contribution >= 4 is 39.1 Å². The highest BCUT2D eigenvalue weighted by molar-refractivity contribution is 9.10. The molecule has 0 aliphatic rings. The molecule has 0 aliphatic heterocycles. The number of hydrogen-bond acceptors (Lipinski definition) is 3. The highest BCUT2D eigenvalue weighted by Gasteiger charge is 2.32. The van der Waals surface area contributed by atoms with Gasteiger partial charge in [-0.1, -0.05) is 0 Å². The van der Waals surface area contributed by atoms with E-state index in [1.165, 1.54) is 24.3 Å². The van der Waals surface area contributed by atoms with E-state index in [0.717, 1.165) is 12.3 Å². The molecule has 0 saturated carbocycles. The topological polar surface area (TPSA) is 65.3 Å². The van der Waals surface area contributed by atoms with E-state index in [9.17, 15) is 23.2 Å². The Hall–Kier alpha value is -2.00. The lowest BCUT2D eigenvalue weighted by atomic mass is 10.2. The fraction of sp³-hybridized carbons (Fsp3) is 0.0769. The van der Waals surface area contributed by atoms with Gasteiger partial charge in [-0.15, -0.1) is 13.2 Å². The van der Waals surface area contributed by atoms with Crippen molar-refractivity contribution in [1.82, 2.24) is 0 Å². The van der Waals surface area contributed by atoms with Crippen LogP contribution in [0.5, 0.6) is 5.75 Å². The number of nitrogens with zero attached hydrogens (tertiary/aromatic N) is 1. The third kappa shape index (κ3) is 4.73. The minimum absolute atomic E-state index is 0.00243. The third-order valence-electron chi connectivity index (χ3n) is 2.54. The van der Waals surface area contributed by atoms with Gasteiger partial charge in [0.25, 0.3) is 11.1 Å². The number of nitrogens with one attached hydrogen (secondary N) is 1. The molecule has 1 aromatic heterocycles. The van der Waals surface area contributed by atoms with Crippen LogP contribution in [0.25, 0.3) is 0 Å². The molecule has 23 heavy (non-hydrogen) atoms. The number of halogens is 5. The molecule has 0 saturated heterocycles. The Kier molecular flexibility index (Phi) is 5.00. The fourth-order valence-corrected chi connectivity index (χ4v) is 2.16. The molecular weight excluding hydrogens is 405 g/mol. The van der Waals surface area contributed by atoms with E-state index >= 15 is 0 Å². The zero-order chi connectivity index (χ0) is 17.2. The summed E-state index contributed by atoms with van der Waals surface area (Å²) in [6.45, 7) is 0. The number of amides is 1. The first-order valence-electron chi connectivity index (χ1n) is 5.91. The lowest BCUT2D eigenvalue weighted by molar-refractivity contribution is -0.603. The van der Waals surface area contributed by atoms with Gasteiger partial charge < -0.3 is 15.3 Å². The average Bonchev–Trinajstić information content (AvgIpc) is 2.43. The second-order valence-corrected chi connectivity index (χ2v) is 5.46. The smallest absolute Gasteiger partial charge is 0.573 e. The number of carbonyl (C=O) groups is 1. The number of carbonyl (C=O) groups excluding carboxylic acids is 1.